The highest BCUT2D eigenvalue weighted by Crippen LogP contribution is 2.39. The van der Waals surface area contributed by atoms with Crippen molar-refractivity contribution in [2.24, 2.45) is 18.4 Å². The average Bonchev–Trinajstić information content (AvgIpc) is 3.53. The van der Waals surface area contributed by atoms with E-state index in [4.69, 9.17) is 4.74 Å². The van der Waals surface area contributed by atoms with Gasteiger partial charge < -0.3 is 9.64 Å². The predicted octanol–water partition coefficient (Wildman–Crippen LogP) is 4.13. The van der Waals surface area contributed by atoms with Gasteiger partial charge in [-0.3, -0.25) is 9.48 Å². The standard InChI is InChI=1S/C26H34F3N7O4S.H2S/c1-16-12-25(5,6)35(14-16)22-18(23(37)33-41(38,39)19-13-30-34(7)17(19)2)8-9-20(31-22)36-11-10-21(32-36)40-15-24(3,4)26(27,28)29;/h8-11,13,16H,12,14-15H2,1-7H3,(H,33,37);1H2/t16-;/m0./s1. The van der Waals surface area contributed by atoms with Gasteiger partial charge in [-0.05, 0) is 59.1 Å². The minimum Gasteiger partial charge on any atom is -0.476 e. The Morgan fingerprint density at radius 1 is 1.21 bits per heavy atom. The normalized spacial score (nSPS) is 17.2. The zero-order valence-electron chi connectivity index (χ0n) is 24.4. The van der Waals surface area contributed by atoms with Crippen molar-refractivity contribution in [3.8, 4) is 11.7 Å². The topological polar surface area (TPSA) is 124 Å². The van der Waals surface area contributed by atoms with Gasteiger partial charge in [0.25, 0.3) is 15.9 Å². The van der Waals surface area contributed by atoms with Crippen molar-refractivity contribution >= 4 is 35.2 Å². The molecule has 0 spiro atoms. The molecule has 0 saturated carbocycles. The van der Waals surface area contributed by atoms with Gasteiger partial charge in [0.1, 0.15) is 17.3 Å². The van der Waals surface area contributed by atoms with Gasteiger partial charge in [0.05, 0.1) is 22.9 Å². The molecular weight excluding hydrogens is 595 g/mol. The zero-order chi connectivity index (χ0) is 30.5. The van der Waals surface area contributed by atoms with Gasteiger partial charge in [-0.2, -0.15) is 31.8 Å². The number of alkyl halides is 3. The lowest BCUT2D eigenvalue weighted by Gasteiger charge is -2.34. The van der Waals surface area contributed by atoms with Crippen LogP contribution in [-0.2, 0) is 17.1 Å². The summed E-state index contributed by atoms with van der Waals surface area (Å²) in [4.78, 5) is 19.9. The second kappa shape index (κ2) is 11.4. The number of aromatic nitrogens is 5. The van der Waals surface area contributed by atoms with Gasteiger partial charge in [-0.25, -0.2) is 22.8 Å². The van der Waals surface area contributed by atoms with Gasteiger partial charge in [-0.15, -0.1) is 5.10 Å². The van der Waals surface area contributed by atoms with E-state index in [1.54, 1.807) is 14.0 Å². The van der Waals surface area contributed by atoms with Crippen LogP contribution in [0.5, 0.6) is 5.88 Å². The fraction of sp³-hybridized carbons (Fsp3) is 0.538. The van der Waals surface area contributed by atoms with E-state index in [2.05, 4.69) is 26.8 Å². The van der Waals surface area contributed by atoms with Crippen LogP contribution in [0.25, 0.3) is 5.82 Å². The van der Waals surface area contributed by atoms with Crippen LogP contribution < -0.4 is 14.4 Å². The molecule has 4 heterocycles. The first-order chi connectivity index (χ1) is 18.8. The van der Waals surface area contributed by atoms with Gasteiger partial charge in [0, 0.05) is 31.4 Å². The zero-order valence-corrected chi connectivity index (χ0v) is 26.3. The number of anilines is 1. The Kier molecular flexibility index (Phi) is 9.05. The quantitative estimate of drug-likeness (QED) is 0.394. The van der Waals surface area contributed by atoms with Crippen LogP contribution in [0.3, 0.4) is 0 Å². The number of carbonyl (C=O) groups excluding carboxylic acids is 1. The first kappa shape index (κ1) is 33.2. The van der Waals surface area contributed by atoms with E-state index in [0.717, 1.165) is 20.3 Å². The largest absolute Gasteiger partial charge is 0.476 e. The Morgan fingerprint density at radius 2 is 1.88 bits per heavy atom. The molecule has 0 aliphatic carbocycles. The molecule has 0 radical (unpaired) electrons. The van der Waals surface area contributed by atoms with Gasteiger partial charge in [0.2, 0.25) is 5.88 Å². The molecule has 3 aromatic rings. The number of nitrogens with one attached hydrogen (secondary N) is 1. The van der Waals surface area contributed by atoms with Crippen LogP contribution in [0.4, 0.5) is 19.0 Å². The Hall–Kier alpha value is -3.27. The summed E-state index contributed by atoms with van der Waals surface area (Å²) in [6.45, 7) is 9.67. The molecule has 16 heteroatoms. The van der Waals surface area contributed by atoms with Crippen molar-refractivity contribution < 1.29 is 31.1 Å². The van der Waals surface area contributed by atoms with Crippen molar-refractivity contribution in [3.05, 3.63) is 41.9 Å². The molecule has 232 valence electrons. The predicted molar refractivity (Wildman–Crippen MR) is 155 cm³/mol. The first-order valence-corrected chi connectivity index (χ1v) is 14.4. The number of aryl methyl sites for hydroxylation is 1. The Morgan fingerprint density at radius 3 is 2.43 bits per heavy atom. The molecule has 1 fully saturated rings. The van der Waals surface area contributed by atoms with Crippen LogP contribution in [0.1, 0.15) is 57.1 Å². The average molecular weight is 632 g/mol. The molecule has 1 atom stereocenters. The lowest BCUT2D eigenvalue weighted by Crippen LogP contribution is -2.41. The molecule has 11 nitrogen and oxygen atoms in total. The van der Waals surface area contributed by atoms with E-state index in [9.17, 15) is 26.4 Å². The maximum atomic E-state index is 13.4. The molecule has 1 aliphatic rings. The Labute approximate surface area is 249 Å². The van der Waals surface area contributed by atoms with Gasteiger partial charge in [-0.1, -0.05) is 6.92 Å². The molecule has 1 aliphatic heterocycles. The highest BCUT2D eigenvalue weighted by atomic mass is 32.2. The molecule has 3 aromatic heterocycles. The minimum atomic E-state index is -4.45. The second-order valence-electron chi connectivity index (χ2n) is 11.7. The molecule has 4 rings (SSSR count). The number of carbonyl (C=O) groups is 1. The number of nitrogens with zero attached hydrogens (tertiary/aromatic N) is 6. The summed E-state index contributed by atoms with van der Waals surface area (Å²) < 4.78 is 75.9. The van der Waals surface area contributed by atoms with E-state index in [1.165, 1.54) is 40.0 Å². The van der Waals surface area contributed by atoms with Crippen LogP contribution in [-0.4, -0.2) is 63.7 Å². The second-order valence-corrected chi connectivity index (χ2v) is 13.3. The van der Waals surface area contributed by atoms with Gasteiger partial charge in [0.15, 0.2) is 5.82 Å². The van der Waals surface area contributed by atoms with Crippen LogP contribution >= 0.6 is 13.5 Å². The summed E-state index contributed by atoms with van der Waals surface area (Å²) in [6.07, 6.45) is -0.992. The fourth-order valence-corrected chi connectivity index (χ4v) is 5.90. The van der Waals surface area contributed by atoms with Crippen LogP contribution in [0.15, 0.2) is 35.5 Å². The van der Waals surface area contributed by atoms with E-state index >= 15 is 0 Å². The smallest absolute Gasteiger partial charge is 0.397 e. The molecule has 42 heavy (non-hydrogen) atoms. The summed E-state index contributed by atoms with van der Waals surface area (Å²) in [6, 6.07) is 4.34. The monoisotopic (exact) mass is 631 g/mol. The van der Waals surface area contributed by atoms with Crippen molar-refractivity contribution in [1.29, 1.82) is 0 Å². The summed E-state index contributed by atoms with van der Waals surface area (Å²) in [7, 11) is -2.63. The molecule has 0 unspecified atom stereocenters. The van der Waals surface area contributed by atoms with E-state index in [0.29, 0.717) is 12.2 Å². The molecule has 0 bridgehead atoms. The lowest BCUT2D eigenvalue weighted by atomic mass is 9.94. The summed E-state index contributed by atoms with van der Waals surface area (Å²) in [5, 5.41) is 8.16. The number of sulfonamides is 1. The third-order valence-corrected chi connectivity index (χ3v) is 8.72. The number of ether oxygens (including phenoxy) is 1. The van der Waals surface area contributed by atoms with E-state index in [1.807, 2.05) is 18.7 Å². The van der Waals surface area contributed by atoms with Crippen molar-refractivity contribution in [1.82, 2.24) is 29.3 Å². The minimum absolute atomic E-state index is 0. The van der Waals surface area contributed by atoms with Crippen molar-refractivity contribution in [2.45, 2.75) is 64.6 Å². The summed E-state index contributed by atoms with van der Waals surface area (Å²) >= 11 is 0. The summed E-state index contributed by atoms with van der Waals surface area (Å²) in [5.41, 5.74) is -2.08. The molecule has 0 aromatic carbocycles. The third-order valence-electron chi connectivity index (χ3n) is 7.29. The van der Waals surface area contributed by atoms with E-state index < -0.39 is 39.7 Å². The number of pyridine rings is 1. The maximum Gasteiger partial charge on any atom is 0.397 e. The number of hydrogen-bond acceptors (Lipinski definition) is 8. The first-order valence-electron chi connectivity index (χ1n) is 12.9. The molecular formula is C26H36F3N7O4S2. The van der Waals surface area contributed by atoms with Gasteiger partial charge >= 0.3 is 6.18 Å². The third kappa shape index (κ3) is 6.53. The highest BCUT2D eigenvalue weighted by Gasteiger charge is 2.48. The highest BCUT2D eigenvalue weighted by molar-refractivity contribution is 7.90. The number of hydrogen-bond donors (Lipinski definition) is 1. The lowest BCUT2D eigenvalue weighted by molar-refractivity contribution is -0.219. The summed E-state index contributed by atoms with van der Waals surface area (Å²) in [5.74, 6) is -0.0988. The SMILES string of the molecule is Cc1c(S(=O)(=O)NC(=O)c2ccc(-n3ccc(OCC(C)(C)C(F)(F)F)n3)nc2N2C[C@@H](C)CC2(C)C)cnn1C.S. The molecule has 1 N–H and O–H groups in total. The van der Waals surface area contributed by atoms with Crippen LogP contribution in [0.2, 0.25) is 0 Å². The Bertz CT molecular complexity index is 1570. The van der Waals surface area contributed by atoms with E-state index in [-0.39, 0.29) is 47.4 Å². The molecule has 1 amide bonds. The van der Waals surface area contributed by atoms with Crippen molar-refractivity contribution in [2.75, 3.05) is 18.1 Å². The van der Waals surface area contributed by atoms with Crippen molar-refractivity contribution in [3.63, 3.8) is 0 Å². The molecule has 1 saturated heterocycles. The van der Waals surface area contributed by atoms with Crippen LogP contribution in [0, 0.1) is 18.3 Å². The number of rotatable bonds is 8. The Balaban J connectivity index is 0.00000484. The number of halogens is 3. The number of amides is 1. The fourth-order valence-electron chi connectivity index (χ4n) is 4.73. The maximum absolute atomic E-state index is 13.4.